The summed E-state index contributed by atoms with van der Waals surface area (Å²) in [6.07, 6.45) is 1.61. The molecular weight excluding hydrogens is 520 g/mol. The number of methoxy groups -OCH3 is 1. The van der Waals surface area contributed by atoms with Gasteiger partial charge in [-0.3, -0.25) is 9.36 Å². The monoisotopic (exact) mass is 544 g/mol. The number of carbonyl (C=O) groups is 2. The standard InChI is InChI=1S/C29H24N2O7S/c1-4-37-28(35)24-16(2)30-29-31(25(24)17-8-10-20(36-3)11-9-17)26(32)23(39-29)15-21-12-13-22(38-21)18-6-5-7-19(14-18)27(33)34/h5-15,25H,4H2,1-3H3,(H,33,34)/b23-15-/t25-/m1/s1. The van der Waals surface area contributed by atoms with E-state index < -0.39 is 18.0 Å². The number of hydrogen-bond acceptors (Lipinski definition) is 8. The Morgan fingerprint density at radius 1 is 1.15 bits per heavy atom. The van der Waals surface area contributed by atoms with Crippen LogP contribution in [-0.2, 0) is 9.53 Å². The molecule has 0 radical (unpaired) electrons. The zero-order valence-electron chi connectivity index (χ0n) is 21.3. The molecule has 198 valence electrons. The molecule has 0 unspecified atom stereocenters. The molecule has 1 aliphatic heterocycles. The lowest BCUT2D eigenvalue weighted by Gasteiger charge is -2.24. The molecule has 0 saturated carbocycles. The first-order chi connectivity index (χ1) is 18.8. The van der Waals surface area contributed by atoms with E-state index in [9.17, 15) is 19.5 Å². The highest BCUT2D eigenvalue weighted by atomic mass is 32.1. The summed E-state index contributed by atoms with van der Waals surface area (Å²) in [4.78, 5) is 43.1. The van der Waals surface area contributed by atoms with Crippen LogP contribution in [0.2, 0.25) is 0 Å². The average molecular weight is 545 g/mol. The molecular formula is C29H24N2O7S. The molecule has 0 saturated heterocycles. The van der Waals surface area contributed by atoms with Gasteiger partial charge in [0.05, 0.1) is 41.1 Å². The minimum Gasteiger partial charge on any atom is -0.497 e. The summed E-state index contributed by atoms with van der Waals surface area (Å²) in [6.45, 7) is 3.64. The van der Waals surface area contributed by atoms with Gasteiger partial charge in [0.1, 0.15) is 17.3 Å². The van der Waals surface area contributed by atoms with Gasteiger partial charge in [-0.15, -0.1) is 0 Å². The molecule has 9 nitrogen and oxygen atoms in total. The van der Waals surface area contributed by atoms with Crippen LogP contribution in [0.4, 0.5) is 0 Å². The number of aromatic carboxylic acids is 1. The Hall–Kier alpha value is -4.70. The minimum atomic E-state index is -1.03. The number of nitrogens with zero attached hydrogens (tertiary/aromatic N) is 2. The van der Waals surface area contributed by atoms with Crippen LogP contribution in [-0.4, -0.2) is 35.3 Å². The first-order valence-corrected chi connectivity index (χ1v) is 12.9. The zero-order chi connectivity index (χ0) is 27.7. The number of aromatic nitrogens is 1. The fourth-order valence-electron chi connectivity index (χ4n) is 4.41. The van der Waals surface area contributed by atoms with Crippen LogP contribution in [0.15, 0.2) is 86.1 Å². The molecule has 0 fully saturated rings. The number of thiazole rings is 1. The quantitative estimate of drug-likeness (QED) is 0.352. The Bertz CT molecular complexity index is 1790. The van der Waals surface area contributed by atoms with Gasteiger partial charge in [-0.2, -0.15) is 0 Å². The maximum Gasteiger partial charge on any atom is 0.338 e. The summed E-state index contributed by atoms with van der Waals surface area (Å²) in [6, 6.07) is 16.3. The Morgan fingerprint density at radius 3 is 2.62 bits per heavy atom. The van der Waals surface area contributed by atoms with E-state index in [0.717, 1.165) is 0 Å². The highest BCUT2D eigenvalue weighted by Gasteiger charge is 2.33. The van der Waals surface area contributed by atoms with Gasteiger partial charge in [-0.05, 0) is 55.8 Å². The number of carbonyl (C=O) groups excluding carboxylic acids is 1. The maximum atomic E-state index is 13.7. The van der Waals surface area contributed by atoms with Gasteiger partial charge in [0.25, 0.3) is 5.56 Å². The lowest BCUT2D eigenvalue weighted by atomic mass is 9.96. The van der Waals surface area contributed by atoms with E-state index in [-0.39, 0.29) is 17.7 Å². The largest absolute Gasteiger partial charge is 0.497 e. The zero-order valence-corrected chi connectivity index (χ0v) is 22.2. The Morgan fingerprint density at radius 2 is 1.92 bits per heavy atom. The number of benzene rings is 2. The van der Waals surface area contributed by atoms with Crippen molar-refractivity contribution in [3.8, 4) is 17.1 Å². The highest BCUT2D eigenvalue weighted by Crippen LogP contribution is 2.31. The van der Waals surface area contributed by atoms with E-state index in [4.69, 9.17) is 13.9 Å². The smallest absolute Gasteiger partial charge is 0.338 e. The first kappa shape index (κ1) is 25.9. The van der Waals surface area contributed by atoms with E-state index in [0.29, 0.717) is 49.0 Å². The molecule has 1 N–H and O–H groups in total. The molecule has 2 aromatic carbocycles. The average Bonchev–Trinajstić information content (AvgIpc) is 3.52. The van der Waals surface area contributed by atoms with Gasteiger partial charge in [0, 0.05) is 11.6 Å². The van der Waals surface area contributed by atoms with Crippen LogP contribution in [0.3, 0.4) is 0 Å². The molecule has 39 heavy (non-hydrogen) atoms. The lowest BCUT2D eigenvalue weighted by Crippen LogP contribution is -2.39. The summed E-state index contributed by atoms with van der Waals surface area (Å²) < 4.78 is 18.4. The third-order valence-electron chi connectivity index (χ3n) is 6.24. The third kappa shape index (κ3) is 4.94. The van der Waals surface area contributed by atoms with Crippen molar-refractivity contribution >= 4 is 29.4 Å². The van der Waals surface area contributed by atoms with Crippen LogP contribution in [0.1, 0.15) is 41.6 Å². The van der Waals surface area contributed by atoms with E-state index in [1.807, 2.05) is 12.1 Å². The van der Waals surface area contributed by atoms with E-state index >= 15 is 0 Å². The summed E-state index contributed by atoms with van der Waals surface area (Å²) in [5.74, 6) is -0.0409. The lowest BCUT2D eigenvalue weighted by molar-refractivity contribution is -0.139. The minimum absolute atomic E-state index is 0.144. The molecule has 0 spiro atoms. The molecule has 0 amide bonds. The second-order valence-corrected chi connectivity index (χ2v) is 9.67. The second-order valence-electron chi connectivity index (χ2n) is 8.66. The maximum absolute atomic E-state index is 13.7. The fourth-order valence-corrected chi connectivity index (χ4v) is 5.44. The van der Waals surface area contributed by atoms with E-state index in [1.54, 1.807) is 63.4 Å². The molecule has 1 atom stereocenters. The van der Waals surface area contributed by atoms with Crippen molar-refractivity contribution < 1.29 is 28.6 Å². The van der Waals surface area contributed by atoms with Gasteiger partial charge in [-0.1, -0.05) is 35.6 Å². The molecule has 10 heteroatoms. The predicted molar refractivity (Wildman–Crippen MR) is 144 cm³/mol. The van der Waals surface area contributed by atoms with Gasteiger partial charge in [-0.25, -0.2) is 14.6 Å². The van der Waals surface area contributed by atoms with Crippen molar-refractivity contribution in [3.63, 3.8) is 0 Å². The number of carboxylic acids is 1. The van der Waals surface area contributed by atoms with Crippen molar-refractivity contribution in [2.45, 2.75) is 19.9 Å². The van der Waals surface area contributed by atoms with Crippen LogP contribution in [0, 0.1) is 0 Å². The van der Waals surface area contributed by atoms with Crippen LogP contribution in [0.5, 0.6) is 5.75 Å². The molecule has 0 aliphatic carbocycles. The highest BCUT2D eigenvalue weighted by molar-refractivity contribution is 7.07. The molecule has 3 heterocycles. The van der Waals surface area contributed by atoms with Gasteiger partial charge in [0.2, 0.25) is 0 Å². The predicted octanol–water partition coefficient (Wildman–Crippen LogP) is 3.77. The van der Waals surface area contributed by atoms with Gasteiger partial charge in [0.15, 0.2) is 4.80 Å². The van der Waals surface area contributed by atoms with Crippen molar-refractivity contribution in [2.75, 3.05) is 13.7 Å². The Balaban J connectivity index is 1.61. The van der Waals surface area contributed by atoms with Crippen LogP contribution in [0.25, 0.3) is 17.4 Å². The van der Waals surface area contributed by atoms with Crippen LogP contribution < -0.4 is 19.6 Å². The number of hydrogen-bond donors (Lipinski definition) is 1. The Kier molecular flexibility index (Phi) is 7.03. The summed E-state index contributed by atoms with van der Waals surface area (Å²) in [5, 5.41) is 9.28. The normalized spacial score (nSPS) is 15.1. The Labute approximate surface area is 226 Å². The number of rotatable bonds is 7. The number of furan rings is 1. The number of esters is 1. The van der Waals surface area contributed by atoms with Crippen LogP contribution >= 0.6 is 11.3 Å². The van der Waals surface area contributed by atoms with Crippen molar-refractivity contribution in [2.24, 2.45) is 4.99 Å². The molecule has 1 aliphatic rings. The van der Waals surface area contributed by atoms with Crippen molar-refractivity contribution in [1.29, 1.82) is 0 Å². The SMILES string of the molecule is CCOC(=O)C1=C(C)N=c2s/c(=C\c3ccc(-c4cccc(C(=O)O)c4)o3)c(=O)n2[C@@H]1c1ccc(OC)cc1. The van der Waals surface area contributed by atoms with Crippen molar-refractivity contribution in [1.82, 2.24) is 4.57 Å². The fraction of sp³-hybridized carbons (Fsp3) is 0.172. The molecule has 4 aromatic rings. The topological polar surface area (TPSA) is 120 Å². The number of ether oxygens (including phenoxy) is 2. The summed E-state index contributed by atoms with van der Waals surface area (Å²) in [5.41, 5.74) is 1.88. The summed E-state index contributed by atoms with van der Waals surface area (Å²) >= 11 is 1.18. The third-order valence-corrected chi connectivity index (χ3v) is 7.23. The van der Waals surface area contributed by atoms with E-state index in [2.05, 4.69) is 4.99 Å². The molecule has 2 aromatic heterocycles. The molecule has 5 rings (SSSR count). The molecule has 0 bridgehead atoms. The summed E-state index contributed by atoms with van der Waals surface area (Å²) in [7, 11) is 1.56. The number of carboxylic acid groups (broad SMARTS) is 1. The van der Waals surface area contributed by atoms with E-state index in [1.165, 1.54) is 28.0 Å². The second kappa shape index (κ2) is 10.6. The number of fused-ring (bicyclic) bond motifs is 1. The first-order valence-electron chi connectivity index (χ1n) is 12.1. The van der Waals surface area contributed by atoms with Gasteiger partial charge < -0.3 is 19.0 Å². The van der Waals surface area contributed by atoms with Crippen molar-refractivity contribution in [3.05, 3.63) is 109 Å². The van der Waals surface area contributed by atoms with Gasteiger partial charge >= 0.3 is 11.9 Å². The number of allylic oxidation sites excluding steroid dienone is 1.